The van der Waals surface area contributed by atoms with E-state index in [4.69, 9.17) is 18.9 Å². The van der Waals surface area contributed by atoms with Gasteiger partial charge in [-0.2, -0.15) is 0 Å². The summed E-state index contributed by atoms with van der Waals surface area (Å²) in [4.78, 5) is 26.7. The van der Waals surface area contributed by atoms with Crippen LogP contribution in [0.15, 0.2) is 94.6 Å². The molecule has 1 aliphatic rings. The molecule has 4 atom stereocenters. The molecule has 5 rings (SSSR count). The van der Waals surface area contributed by atoms with E-state index in [1.165, 1.54) is 10.8 Å². The van der Waals surface area contributed by atoms with E-state index in [0.717, 1.165) is 16.7 Å². The number of aromatic amines is 1. The van der Waals surface area contributed by atoms with Gasteiger partial charge in [0.2, 0.25) is 0 Å². The summed E-state index contributed by atoms with van der Waals surface area (Å²) in [7, 11) is 3.23. The molecule has 0 spiro atoms. The van der Waals surface area contributed by atoms with Crippen molar-refractivity contribution in [2.75, 3.05) is 14.2 Å². The van der Waals surface area contributed by atoms with Crippen molar-refractivity contribution in [3.05, 3.63) is 128 Å². The van der Waals surface area contributed by atoms with Gasteiger partial charge in [-0.05, 0) is 54.8 Å². The normalized spacial score (nSPS) is 19.6. The van der Waals surface area contributed by atoms with Crippen molar-refractivity contribution < 1.29 is 24.1 Å². The molecule has 2 heterocycles. The lowest BCUT2D eigenvalue weighted by molar-refractivity contribution is -0.137. The minimum absolute atomic E-state index is 0.160. The van der Waals surface area contributed by atoms with Gasteiger partial charge in [-0.15, -0.1) is 0 Å². The zero-order valence-electron chi connectivity index (χ0n) is 23.4. The predicted octanol–water partition coefficient (Wildman–Crippen LogP) is 3.91. The summed E-state index contributed by atoms with van der Waals surface area (Å²) in [5.74, 6) is 1.41. The van der Waals surface area contributed by atoms with Gasteiger partial charge in [0.15, 0.2) is 0 Å². The van der Waals surface area contributed by atoms with Crippen LogP contribution in [-0.4, -0.2) is 47.2 Å². The fourth-order valence-electron chi connectivity index (χ4n) is 5.45. The summed E-state index contributed by atoms with van der Waals surface area (Å²) in [6, 6.07) is 25.2. The maximum absolute atomic E-state index is 12.5. The molecule has 2 N–H and O–H groups in total. The summed E-state index contributed by atoms with van der Waals surface area (Å²) < 4.78 is 25.4. The van der Waals surface area contributed by atoms with E-state index in [1.54, 1.807) is 21.1 Å². The van der Waals surface area contributed by atoms with Gasteiger partial charge < -0.3 is 24.1 Å². The number of nitrogens with one attached hydrogen (secondary N) is 1. The second-order valence-electron chi connectivity index (χ2n) is 10.2. The van der Waals surface area contributed by atoms with Gasteiger partial charge in [-0.1, -0.05) is 54.6 Å². The van der Waals surface area contributed by atoms with Crippen LogP contribution in [0, 0.1) is 6.92 Å². The molecule has 0 saturated carbocycles. The van der Waals surface area contributed by atoms with Gasteiger partial charge in [0.25, 0.3) is 5.56 Å². The van der Waals surface area contributed by atoms with E-state index in [-0.39, 0.29) is 6.42 Å². The number of H-pyrrole nitrogens is 1. The fraction of sp³-hybridized carbons (Fsp3) is 0.312. The van der Waals surface area contributed by atoms with Crippen LogP contribution in [0.4, 0.5) is 0 Å². The number of methoxy groups -OCH3 is 2. The predicted molar refractivity (Wildman–Crippen MR) is 153 cm³/mol. The third-order valence-electron chi connectivity index (χ3n) is 7.59. The molecule has 1 saturated heterocycles. The topological polar surface area (TPSA) is 112 Å². The highest BCUT2D eigenvalue weighted by Gasteiger charge is 2.45. The number of hydrogen-bond donors (Lipinski definition) is 2. The quantitative estimate of drug-likeness (QED) is 0.300. The maximum Gasteiger partial charge on any atom is 0.330 e. The van der Waals surface area contributed by atoms with Gasteiger partial charge in [-0.25, -0.2) is 4.79 Å². The average Bonchev–Trinajstić information content (AvgIpc) is 3.39. The van der Waals surface area contributed by atoms with E-state index >= 15 is 0 Å². The zero-order valence-corrected chi connectivity index (χ0v) is 23.4. The second kappa shape index (κ2) is 11.7. The molecule has 41 heavy (non-hydrogen) atoms. The summed E-state index contributed by atoms with van der Waals surface area (Å²) in [5, 5.41) is 11.1. The van der Waals surface area contributed by atoms with Crippen molar-refractivity contribution in [1.82, 2.24) is 9.55 Å². The molecule has 1 fully saturated rings. The first kappa shape index (κ1) is 28.4. The highest BCUT2D eigenvalue weighted by atomic mass is 16.6. The lowest BCUT2D eigenvalue weighted by Gasteiger charge is -2.40. The van der Waals surface area contributed by atoms with Gasteiger partial charge in [0.1, 0.15) is 29.4 Å². The molecule has 0 bridgehead atoms. The molecule has 1 aliphatic heterocycles. The number of benzene rings is 3. The lowest BCUT2D eigenvalue weighted by Crippen LogP contribution is -2.43. The first-order valence-electron chi connectivity index (χ1n) is 13.4. The van der Waals surface area contributed by atoms with Crippen molar-refractivity contribution >= 4 is 0 Å². The zero-order chi connectivity index (χ0) is 29.1. The molecule has 1 unspecified atom stereocenters. The number of hydrogen-bond acceptors (Lipinski definition) is 7. The Labute approximate surface area is 237 Å². The van der Waals surface area contributed by atoms with Crippen molar-refractivity contribution in [3.63, 3.8) is 0 Å². The SMILES string of the molecule is COc1ccc(C(OC(C)[C@H]2O[C@@H](n3cc(C)c(=O)[nH]c3=O)C[C@@H]2O)(c2ccccc2)c2ccc(OC)cc2)cc1. The summed E-state index contributed by atoms with van der Waals surface area (Å²) >= 11 is 0. The highest BCUT2D eigenvalue weighted by molar-refractivity contribution is 5.49. The largest absolute Gasteiger partial charge is 0.497 e. The third kappa shape index (κ3) is 5.44. The van der Waals surface area contributed by atoms with Crippen LogP contribution >= 0.6 is 0 Å². The minimum atomic E-state index is -1.11. The average molecular weight is 559 g/mol. The molecule has 1 aromatic heterocycles. The van der Waals surface area contributed by atoms with Crippen LogP contribution < -0.4 is 20.7 Å². The Morgan fingerprint density at radius 3 is 1.98 bits per heavy atom. The molecule has 0 amide bonds. The standard InChI is InChI=1S/C32H34N2O7/c1-20-19-34(31(37)33-30(20)36)28-18-27(35)29(40-28)21(2)41-32(22-8-6-5-7-9-22,23-10-14-25(38-3)15-11-23)24-12-16-26(39-4)17-13-24/h5-17,19,21,27-29,35H,18H2,1-4H3,(H,33,36,37)/t21?,27-,28+,29+/m0/s1. The summed E-state index contributed by atoms with van der Waals surface area (Å²) in [6.45, 7) is 3.46. The van der Waals surface area contributed by atoms with Crippen molar-refractivity contribution in [2.45, 2.75) is 50.4 Å². The molecule has 0 radical (unpaired) electrons. The van der Waals surface area contributed by atoms with Gasteiger partial charge in [0.05, 0.1) is 26.4 Å². The Balaban J connectivity index is 1.58. The Morgan fingerprint density at radius 2 is 1.44 bits per heavy atom. The number of aromatic nitrogens is 2. The Kier molecular flexibility index (Phi) is 8.12. The number of aliphatic hydroxyl groups is 1. The van der Waals surface area contributed by atoms with Crippen LogP contribution in [0.25, 0.3) is 0 Å². The van der Waals surface area contributed by atoms with Crippen LogP contribution in [0.1, 0.15) is 41.8 Å². The van der Waals surface area contributed by atoms with Gasteiger partial charge >= 0.3 is 5.69 Å². The molecule has 0 aliphatic carbocycles. The van der Waals surface area contributed by atoms with E-state index in [1.807, 2.05) is 85.8 Å². The molecular weight excluding hydrogens is 524 g/mol. The van der Waals surface area contributed by atoms with E-state index in [9.17, 15) is 14.7 Å². The summed E-state index contributed by atoms with van der Waals surface area (Å²) in [5.41, 5.74) is 0.783. The molecule has 3 aromatic carbocycles. The van der Waals surface area contributed by atoms with Crippen LogP contribution in [0.2, 0.25) is 0 Å². The molecule has 9 heteroatoms. The first-order valence-corrected chi connectivity index (χ1v) is 13.4. The Hall–Kier alpha value is -4.18. The van der Waals surface area contributed by atoms with Crippen LogP contribution in [0.5, 0.6) is 11.5 Å². The minimum Gasteiger partial charge on any atom is -0.497 e. The van der Waals surface area contributed by atoms with E-state index in [2.05, 4.69) is 4.98 Å². The molecular formula is C32H34N2O7. The van der Waals surface area contributed by atoms with Crippen molar-refractivity contribution in [2.24, 2.45) is 0 Å². The number of rotatable bonds is 9. The van der Waals surface area contributed by atoms with E-state index < -0.39 is 41.4 Å². The number of aryl methyl sites for hydroxylation is 1. The number of aliphatic hydroxyl groups excluding tert-OH is 1. The maximum atomic E-state index is 12.5. The smallest absolute Gasteiger partial charge is 0.330 e. The summed E-state index contributed by atoms with van der Waals surface area (Å²) in [6.07, 6.45) is -1.48. The fourth-order valence-corrected chi connectivity index (χ4v) is 5.45. The van der Waals surface area contributed by atoms with Crippen molar-refractivity contribution in [1.29, 1.82) is 0 Å². The Morgan fingerprint density at radius 1 is 0.902 bits per heavy atom. The first-order chi connectivity index (χ1) is 19.8. The highest BCUT2D eigenvalue weighted by Crippen LogP contribution is 2.44. The second-order valence-corrected chi connectivity index (χ2v) is 10.2. The number of nitrogens with zero attached hydrogens (tertiary/aromatic N) is 1. The molecule has 9 nitrogen and oxygen atoms in total. The third-order valence-corrected chi connectivity index (χ3v) is 7.59. The van der Waals surface area contributed by atoms with Crippen LogP contribution in [0.3, 0.4) is 0 Å². The number of ether oxygens (including phenoxy) is 4. The Bertz CT molecular complexity index is 1530. The molecule has 4 aromatic rings. The monoisotopic (exact) mass is 558 g/mol. The molecule has 214 valence electrons. The van der Waals surface area contributed by atoms with Crippen molar-refractivity contribution in [3.8, 4) is 11.5 Å². The van der Waals surface area contributed by atoms with Crippen LogP contribution in [-0.2, 0) is 15.1 Å². The lowest BCUT2D eigenvalue weighted by atomic mass is 9.79. The van der Waals surface area contributed by atoms with Gasteiger partial charge in [0, 0.05) is 18.2 Å². The van der Waals surface area contributed by atoms with Gasteiger partial charge in [-0.3, -0.25) is 14.3 Å². The van der Waals surface area contributed by atoms with E-state index in [0.29, 0.717) is 17.1 Å².